The number of nitrogens with one attached hydrogen (secondary N) is 1. The fourth-order valence-electron chi connectivity index (χ4n) is 3.25. The monoisotopic (exact) mass is 348 g/mol. The highest BCUT2D eigenvalue weighted by atomic mass is 15.1. The SMILES string of the molecule is c1ccc(N=Nc2ccc(NC3=Nc4cccc5cccc3c45)cc2)cc1. The van der Waals surface area contributed by atoms with E-state index in [-0.39, 0.29) is 0 Å². The Morgan fingerprint density at radius 2 is 1.33 bits per heavy atom. The highest BCUT2D eigenvalue weighted by molar-refractivity contribution is 6.23. The first kappa shape index (κ1) is 15.5. The summed E-state index contributed by atoms with van der Waals surface area (Å²) in [6.45, 7) is 0. The average Bonchev–Trinajstić information content (AvgIpc) is 3.08. The molecule has 0 unspecified atom stereocenters. The van der Waals surface area contributed by atoms with E-state index >= 15 is 0 Å². The molecule has 1 aliphatic rings. The lowest BCUT2D eigenvalue weighted by Crippen LogP contribution is -2.10. The highest BCUT2D eigenvalue weighted by Gasteiger charge is 2.17. The molecule has 0 radical (unpaired) electrons. The van der Waals surface area contributed by atoms with Crippen LogP contribution in [0.4, 0.5) is 22.7 Å². The molecular formula is C23H16N4. The van der Waals surface area contributed by atoms with Gasteiger partial charge in [-0.05, 0) is 47.9 Å². The molecule has 0 atom stereocenters. The van der Waals surface area contributed by atoms with Gasteiger partial charge in [0, 0.05) is 16.6 Å². The summed E-state index contributed by atoms with van der Waals surface area (Å²) in [5.41, 5.74) is 4.76. The van der Waals surface area contributed by atoms with Crippen molar-refractivity contribution < 1.29 is 0 Å². The Balaban J connectivity index is 1.37. The van der Waals surface area contributed by atoms with E-state index in [4.69, 9.17) is 4.99 Å². The van der Waals surface area contributed by atoms with E-state index in [0.29, 0.717) is 0 Å². The van der Waals surface area contributed by atoms with E-state index in [1.54, 1.807) is 0 Å². The molecular weight excluding hydrogens is 332 g/mol. The summed E-state index contributed by atoms with van der Waals surface area (Å²) in [5, 5.41) is 14.4. The van der Waals surface area contributed by atoms with Crippen molar-refractivity contribution in [3.63, 3.8) is 0 Å². The van der Waals surface area contributed by atoms with E-state index in [1.165, 1.54) is 10.8 Å². The van der Waals surface area contributed by atoms with Gasteiger partial charge in [-0.2, -0.15) is 10.2 Å². The van der Waals surface area contributed by atoms with Crippen LogP contribution in [-0.2, 0) is 0 Å². The maximum atomic E-state index is 4.75. The first-order chi connectivity index (χ1) is 13.4. The molecule has 0 saturated carbocycles. The molecule has 4 aromatic carbocycles. The lowest BCUT2D eigenvalue weighted by molar-refractivity contribution is 1.23. The van der Waals surface area contributed by atoms with Gasteiger partial charge in [0.25, 0.3) is 0 Å². The first-order valence-electron chi connectivity index (χ1n) is 8.81. The van der Waals surface area contributed by atoms with Crippen molar-refractivity contribution in [3.8, 4) is 0 Å². The van der Waals surface area contributed by atoms with Gasteiger partial charge >= 0.3 is 0 Å². The van der Waals surface area contributed by atoms with Crippen LogP contribution in [0.5, 0.6) is 0 Å². The van der Waals surface area contributed by atoms with E-state index in [1.807, 2.05) is 66.7 Å². The average molecular weight is 348 g/mol. The number of benzene rings is 4. The van der Waals surface area contributed by atoms with Crippen LogP contribution in [0.1, 0.15) is 5.56 Å². The minimum Gasteiger partial charge on any atom is -0.340 e. The number of azo groups is 1. The molecule has 5 rings (SSSR count). The molecule has 1 heterocycles. The van der Waals surface area contributed by atoms with Crippen LogP contribution in [0.25, 0.3) is 10.8 Å². The lowest BCUT2D eigenvalue weighted by atomic mass is 10.0. The van der Waals surface area contributed by atoms with Crippen LogP contribution in [0.2, 0.25) is 0 Å². The minimum atomic E-state index is 0.808. The van der Waals surface area contributed by atoms with Gasteiger partial charge in [0.15, 0.2) is 0 Å². The minimum absolute atomic E-state index is 0.808. The zero-order valence-electron chi connectivity index (χ0n) is 14.5. The normalized spacial score (nSPS) is 12.5. The van der Waals surface area contributed by atoms with Gasteiger partial charge in [-0.15, -0.1) is 0 Å². The molecule has 0 aromatic heterocycles. The third kappa shape index (κ3) is 2.98. The van der Waals surface area contributed by atoms with Crippen molar-refractivity contribution in [2.24, 2.45) is 15.2 Å². The second kappa shape index (κ2) is 6.50. The van der Waals surface area contributed by atoms with Crippen LogP contribution >= 0.6 is 0 Å². The Morgan fingerprint density at radius 1 is 0.630 bits per heavy atom. The number of hydrogen-bond donors (Lipinski definition) is 1. The Bertz CT molecular complexity index is 1170. The Morgan fingerprint density at radius 3 is 2.11 bits per heavy atom. The number of nitrogens with zero attached hydrogens (tertiary/aromatic N) is 3. The lowest BCUT2D eigenvalue weighted by Gasteiger charge is -2.07. The van der Waals surface area contributed by atoms with E-state index in [9.17, 15) is 0 Å². The van der Waals surface area contributed by atoms with Gasteiger partial charge in [0.1, 0.15) is 5.84 Å². The van der Waals surface area contributed by atoms with Crippen molar-refractivity contribution in [3.05, 3.63) is 96.6 Å². The predicted molar refractivity (Wildman–Crippen MR) is 111 cm³/mol. The van der Waals surface area contributed by atoms with Gasteiger partial charge in [0.2, 0.25) is 0 Å². The van der Waals surface area contributed by atoms with Crippen molar-refractivity contribution in [2.45, 2.75) is 0 Å². The van der Waals surface area contributed by atoms with Gasteiger partial charge in [0.05, 0.1) is 17.1 Å². The number of aliphatic imine (C=N–C) groups is 1. The van der Waals surface area contributed by atoms with Crippen molar-refractivity contribution in [2.75, 3.05) is 5.32 Å². The maximum Gasteiger partial charge on any atom is 0.139 e. The molecule has 4 heteroatoms. The molecule has 0 bridgehead atoms. The van der Waals surface area contributed by atoms with Crippen molar-refractivity contribution >= 4 is 39.4 Å². The summed E-state index contributed by atoms with van der Waals surface area (Å²) in [4.78, 5) is 4.75. The zero-order valence-corrected chi connectivity index (χ0v) is 14.5. The van der Waals surface area contributed by atoms with Gasteiger partial charge in [-0.1, -0.05) is 48.5 Å². The Hall–Kier alpha value is -3.79. The molecule has 27 heavy (non-hydrogen) atoms. The smallest absolute Gasteiger partial charge is 0.139 e. The number of anilines is 1. The van der Waals surface area contributed by atoms with Gasteiger partial charge in [-0.3, -0.25) is 0 Å². The molecule has 4 nitrogen and oxygen atoms in total. The van der Waals surface area contributed by atoms with Gasteiger partial charge in [-0.25, -0.2) is 4.99 Å². The zero-order chi connectivity index (χ0) is 18.1. The summed E-state index contributed by atoms with van der Waals surface area (Å²) in [6, 6.07) is 30.1. The molecule has 1 N–H and O–H groups in total. The van der Waals surface area contributed by atoms with Crippen LogP contribution in [0.3, 0.4) is 0 Å². The fraction of sp³-hybridized carbons (Fsp3) is 0. The Labute approximate surface area is 156 Å². The van der Waals surface area contributed by atoms with Crippen LogP contribution in [0.15, 0.2) is 106 Å². The van der Waals surface area contributed by atoms with Crippen LogP contribution < -0.4 is 5.32 Å². The highest BCUT2D eigenvalue weighted by Crippen LogP contribution is 2.35. The molecule has 4 aromatic rings. The number of rotatable bonds is 3. The maximum absolute atomic E-state index is 4.75. The number of hydrogen-bond acceptors (Lipinski definition) is 4. The number of amidine groups is 1. The molecule has 0 amide bonds. The van der Waals surface area contributed by atoms with E-state index in [2.05, 4.69) is 39.8 Å². The van der Waals surface area contributed by atoms with E-state index < -0.39 is 0 Å². The van der Waals surface area contributed by atoms with Crippen LogP contribution in [0, 0.1) is 0 Å². The quantitative estimate of drug-likeness (QED) is 0.409. The largest absolute Gasteiger partial charge is 0.340 e. The summed E-state index contributed by atoms with van der Waals surface area (Å²) >= 11 is 0. The van der Waals surface area contributed by atoms with E-state index in [0.717, 1.165) is 34.1 Å². The molecule has 0 fully saturated rings. The summed E-state index contributed by atoms with van der Waals surface area (Å²) in [5.74, 6) is 0.875. The topological polar surface area (TPSA) is 49.1 Å². The fourth-order valence-corrected chi connectivity index (χ4v) is 3.25. The summed E-state index contributed by atoms with van der Waals surface area (Å²) < 4.78 is 0. The third-order valence-corrected chi connectivity index (χ3v) is 4.54. The van der Waals surface area contributed by atoms with Crippen molar-refractivity contribution in [1.82, 2.24) is 0 Å². The standard InChI is InChI=1S/C23H16N4/c1-2-8-18(9-3-1)26-27-19-14-12-17(13-15-19)24-23-20-10-4-6-16-7-5-11-21(25-23)22(16)20/h1-15H,(H,24,25). The molecule has 1 aliphatic heterocycles. The molecule has 128 valence electrons. The van der Waals surface area contributed by atoms with Gasteiger partial charge < -0.3 is 5.32 Å². The first-order valence-corrected chi connectivity index (χ1v) is 8.81. The second-order valence-electron chi connectivity index (χ2n) is 6.35. The predicted octanol–water partition coefficient (Wildman–Crippen LogP) is 6.76. The Kier molecular flexibility index (Phi) is 3.72. The molecule has 0 spiro atoms. The third-order valence-electron chi connectivity index (χ3n) is 4.54. The molecule has 0 saturated heterocycles. The van der Waals surface area contributed by atoms with Crippen molar-refractivity contribution in [1.29, 1.82) is 0 Å². The summed E-state index contributed by atoms with van der Waals surface area (Å²) in [7, 11) is 0. The molecule has 0 aliphatic carbocycles. The summed E-state index contributed by atoms with van der Waals surface area (Å²) in [6.07, 6.45) is 0. The second-order valence-corrected chi connectivity index (χ2v) is 6.35. The van der Waals surface area contributed by atoms with Crippen LogP contribution in [-0.4, -0.2) is 5.84 Å².